The van der Waals surface area contributed by atoms with E-state index in [0.717, 1.165) is 13.2 Å². The smallest absolute Gasteiger partial charge is 0.419 e. The summed E-state index contributed by atoms with van der Waals surface area (Å²) in [5.74, 6) is -2.45. The molecule has 0 amide bonds. The number of methoxy groups -OCH3 is 1. The molecule has 0 saturated heterocycles. The van der Waals surface area contributed by atoms with Crippen LogP contribution in [0, 0.1) is 5.82 Å². The number of hydrogen-bond acceptors (Lipinski definition) is 2. The van der Waals surface area contributed by atoms with Gasteiger partial charge in [0, 0.05) is 0 Å². The molecule has 2 nitrogen and oxygen atoms in total. The van der Waals surface area contributed by atoms with E-state index in [4.69, 9.17) is 0 Å². The highest BCUT2D eigenvalue weighted by Crippen LogP contribution is 2.35. The number of benzene rings is 1. The lowest BCUT2D eigenvalue weighted by Crippen LogP contribution is -2.11. The molecule has 1 aromatic carbocycles. The highest BCUT2D eigenvalue weighted by Gasteiger charge is 2.35. The molecule has 0 aliphatic carbocycles. The summed E-state index contributed by atoms with van der Waals surface area (Å²) in [4.78, 5) is 11.0. The van der Waals surface area contributed by atoms with Crippen LogP contribution in [0.2, 0.25) is 0 Å². The Balaban J connectivity index is 3.35. The summed E-state index contributed by atoms with van der Waals surface area (Å²) in [6, 6.07) is 1.34. The number of esters is 1. The number of carbonyl (C=O) groups excluding carboxylic acids is 1. The van der Waals surface area contributed by atoms with Gasteiger partial charge in [0.25, 0.3) is 0 Å². The molecule has 0 radical (unpaired) electrons. The van der Waals surface area contributed by atoms with E-state index < -0.39 is 28.0 Å². The van der Waals surface area contributed by atoms with E-state index >= 15 is 0 Å². The molecule has 0 N–H and O–H groups in total. The lowest BCUT2D eigenvalue weighted by molar-refractivity contribution is -0.140. The molecule has 0 unspecified atom stereocenters. The van der Waals surface area contributed by atoms with E-state index in [1.54, 1.807) is 0 Å². The first-order valence-corrected chi connectivity index (χ1v) is 4.72. The SMILES string of the molecule is COC(=O)c1ccc(C(F)(F)F)c(F)c1Br. The van der Waals surface area contributed by atoms with Crippen molar-refractivity contribution in [3.63, 3.8) is 0 Å². The Morgan fingerprint density at radius 1 is 1.38 bits per heavy atom. The number of carbonyl (C=O) groups is 1. The monoisotopic (exact) mass is 300 g/mol. The third kappa shape index (κ3) is 2.34. The lowest BCUT2D eigenvalue weighted by Gasteiger charge is -2.10. The quantitative estimate of drug-likeness (QED) is 0.587. The van der Waals surface area contributed by atoms with Gasteiger partial charge in [-0.25, -0.2) is 9.18 Å². The second-order valence-electron chi connectivity index (χ2n) is 2.78. The van der Waals surface area contributed by atoms with Gasteiger partial charge < -0.3 is 4.74 Å². The predicted octanol–water partition coefficient (Wildman–Crippen LogP) is 3.39. The van der Waals surface area contributed by atoms with Crippen LogP contribution in [0.25, 0.3) is 0 Å². The van der Waals surface area contributed by atoms with Crippen molar-refractivity contribution >= 4 is 21.9 Å². The first kappa shape index (κ1) is 13.0. The number of ether oxygens (including phenoxy) is 1. The van der Waals surface area contributed by atoms with Crippen molar-refractivity contribution in [1.29, 1.82) is 0 Å². The zero-order valence-electron chi connectivity index (χ0n) is 7.86. The van der Waals surface area contributed by atoms with Crippen LogP contribution < -0.4 is 0 Å². The van der Waals surface area contributed by atoms with Crippen LogP contribution in [0.15, 0.2) is 16.6 Å². The van der Waals surface area contributed by atoms with E-state index in [1.807, 2.05) is 0 Å². The zero-order chi connectivity index (χ0) is 12.5. The van der Waals surface area contributed by atoms with Crippen molar-refractivity contribution in [3.05, 3.63) is 33.5 Å². The number of alkyl halides is 3. The molecule has 0 saturated carbocycles. The molecule has 0 heterocycles. The van der Waals surface area contributed by atoms with Crippen LogP contribution in [0.5, 0.6) is 0 Å². The van der Waals surface area contributed by atoms with E-state index in [-0.39, 0.29) is 5.56 Å². The fourth-order valence-corrected chi connectivity index (χ4v) is 1.54. The fraction of sp³-hybridized carbons (Fsp3) is 0.222. The lowest BCUT2D eigenvalue weighted by atomic mass is 10.1. The summed E-state index contributed by atoms with van der Waals surface area (Å²) in [6.07, 6.45) is -4.80. The molecule has 7 heteroatoms. The van der Waals surface area contributed by atoms with E-state index in [0.29, 0.717) is 6.07 Å². The van der Waals surface area contributed by atoms with Crippen molar-refractivity contribution in [2.45, 2.75) is 6.18 Å². The summed E-state index contributed by atoms with van der Waals surface area (Å²) in [6.45, 7) is 0. The van der Waals surface area contributed by atoms with Gasteiger partial charge in [0.15, 0.2) is 0 Å². The Hall–Kier alpha value is -1.11. The second-order valence-corrected chi connectivity index (χ2v) is 3.57. The summed E-state index contributed by atoms with van der Waals surface area (Å²) in [5, 5.41) is 0. The van der Waals surface area contributed by atoms with Gasteiger partial charge in [-0.3, -0.25) is 0 Å². The molecule has 16 heavy (non-hydrogen) atoms. The minimum Gasteiger partial charge on any atom is -0.465 e. The molecule has 0 bridgehead atoms. The van der Waals surface area contributed by atoms with Crippen LogP contribution in [0.3, 0.4) is 0 Å². The highest BCUT2D eigenvalue weighted by molar-refractivity contribution is 9.10. The Bertz CT molecular complexity index is 428. The van der Waals surface area contributed by atoms with Crippen LogP contribution >= 0.6 is 15.9 Å². The molecule has 1 aromatic rings. The normalized spacial score (nSPS) is 11.4. The molecule has 0 fully saturated rings. The number of hydrogen-bond donors (Lipinski definition) is 0. The predicted molar refractivity (Wildman–Crippen MR) is 50.4 cm³/mol. The summed E-state index contributed by atoms with van der Waals surface area (Å²) in [5.41, 5.74) is -1.74. The van der Waals surface area contributed by atoms with Crippen LogP contribution in [-0.4, -0.2) is 13.1 Å². The van der Waals surface area contributed by atoms with Crippen molar-refractivity contribution in [2.24, 2.45) is 0 Å². The van der Waals surface area contributed by atoms with Crippen LogP contribution in [-0.2, 0) is 10.9 Å². The van der Waals surface area contributed by atoms with Crippen molar-refractivity contribution < 1.29 is 27.1 Å². The van der Waals surface area contributed by atoms with Gasteiger partial charge in [0.05, 0.1) is 22.7 Å². The van der Waals surface area contributed by atoms with E-state index in [2.05, 4.69) is 20.7 Å². The van der Waals surface area contributed by atoms with Gasteiger partial charge in [-0.1, -0.05) is 0 Å². The molecule has 0 atom stereocenters. The minimum absolute atomic E-state index is 0.298. The van der Waals surface area contributed by atoms with Gasteiger partial charge >= 0.3 is 12.1 Å². The Labute approximate surface area is 96.3 Å². The van der Waals surface area contributed by atoms with Gasteiger partial charge in [0.1, 0.15) is 5.82 Å². The Morgan fingerprint density at radius 3 is 2.38 bits per heavy atom. The zero-order valence-corrected chi connectivity index (χ0v) is 9.45. The third-order valence-electron chi connectivity index (χ3n) is 1.79. The van der Waals surface area contributed by atoms with Gasteiger partial charge in [0.2, 0.25) is 0 Å². The summed E-state index contributed by atoms with van der Waals surface area (Å²) in [7, 11) is 1.05. The molecule has 88 valence electrons. The van der Waals surface area contributed by atoms with Gasteiger partial charge in [-0.05, 0) is 28.1 Å². The number of halogens is 5. The maximum absolute atomic E-state index is 13.3. The fourth-order valence-electron chi connectivity index (χ4n) is 1.04. The topological polar surface area (TPSA) is 26.3 Å². The molecular formula is C9H5BrF4O2. The van der Waals surface area contributed by atoms with E-state index in [9.17, 15) is 22.4 Å². The standard InChI is InChI=1S/C9H5BrF4O2/c1-16-8(15)4-2-3-5(9(12,13)14)7(11)6(4)10/h2-3H,1H3. The molecule has 0 aromatic heterocycles. The maximum Gasteiger partial charge on any atom is 0.419 e. The summed E-state index contributed by atoms with van der Waals surface area (Å²) >= 11 is 2.59. The Kier molecular flexibility index (Phi) is 3.57. The van der Waals surface area contributed by atoms with Gasteiger partial charge in [-0.2, -0.15) is 13.2 Å². The average molecular weight is 301 g/mol. The molecule has 1 rings (SSSR count). The first-order chi connectivity index (χ1) is 7.29. The Morgan fingerprint density at radius 2 is 1.94 bits per heavy atom. The molecule has 0 spiro atoms. The van der Waals surface area contributed by atoms with Crippen LogP contribution in [0.1, 0.15) is 15.9 Å². The second kappa shape index (κ2) is 4.40. The minimum atomic E-state index is -4.80. The average Bonchev–Trinajstić information content (AvgIpc) is 2.19. The molecule has 0 aliphatic rings. The van der Waals surface area contributed by atoms with Crippen molar-refractivity contribution in [1.82, 2.24) is 0 Å². The molecule has 0 aliphatic heterocycles. The first-order valence-electron chi connectivity index (χ1n) is 3.92. The summed E-state index contributed by atoms with van der Waals surface area (Å²) < 4.78 is 53.8. The van der Waals surface area contributed by atoms with E-state index in [1.165, 1.54) is 0 Å². The number of rotatable bonds is 1. The van der Waals surface area contributed by atoms with Crippen molar-refractivity contribution in [2.75, 3.05) is 7.11 Å². The van der Waals surface area contributed by atoms with Gasteiger partial charge in [-0.15, -0.1) is 0 Å². The maximum atomic E-state index is 13.3. The van der Waals surface area contributed by atoms with Crippen molar-refractivity contribution in [3.8, 4) is 0 Å². The van der Waals surface area contributed by atoms with Crippen LogP contribution in [0.4, 0.5) is 17.6 Å². The third-order valence-corrected chi connectivity index (χ3v) is 2.57. The largest absolute Gasteiger partial charge is 0.465 e. The molecular weight excluding hydrogens is 296 g/mol. The highest BCUT2D eigenvalue weighted by atomic mass is 79.9.